The summed E-state index contributed by atoms with van der Waals surface area (Å²) in [5, 5.41) is 0. The van der Waals surface area contributed by atoms with Crippen molar-refractivity contribution in [1.29, 1.82) is 0 Å². The first-order valence-electron chi connectivity index (χ1n) is 4.25. The highest BCUT2D eigenvalue weighted by Gasteiger charge is 2.20. The maximum absolute atomic E-state index is 12.5. The molecule has 0 bridgehead atoms. The molecule has 0 atom stereocenters. The molecule has 4 heteroatoms. The van der Waals surface area contributed by atoms with Gasteiger partial charge < -0.3 is 10.3 Å². The van der Waals surface area contributed by atoms with Crippen LogP contribution in [0.15, 0.2) is 18.3 Å². The highest BCUT2D eigenvalue weighted by Crippen LogP contribution is 2.18. The van der Waals surface area contributed by atoms with Crippen LogP contribution in [0, 0.1) is 0 Å². The summed E-state index contributed by atoms with van der Waals surface area (Å²) in [5.41, 5.74) is 6.32. The second-order valence-corrected chi connectivity index (χ2v) is 3.22. The zero-order chi connectivity index (χ0) is 9.90. The molecule has 0 aliphatic rings. The van der Waals surface area contributed by atoms with E-state index in [2.05, 4.69) is 0 Å². The van der Waals surface area contributed by atoms with Crippen LogP contribution in [-0.4, -0.2) is 10.5 Å². The molecule has 1 heterocycles. The summed E-state index contributed by atoms with van der Waals surface area (Å²) in [6.45, 7) is 1.64. The van der Waals surface area contributed by atoms with Gasteiger partial charge in [-0.2, -0.15) is 0 Å². The van der Waals surface area contributed by atoms with Gasteiger partial charge in [0.25, 0.3) is 0 Å². The van der Waals surface area contributed by atoms with Crippen molar-refractivity contribution in [3.05, 3.63) is 24.0 Å². The van der Waals surface area contributed by atoms with Crippen molar-refractivity contribution in [2.45, 2.75) is 32.4 Å². The summed E-state index contributed by atoms with van der Waals surface area (Å²) in [4.78, 5) is 0. The molecule has 0 saturated heterocycles. The molecule has 2 nitrogen and oxygen atoms in total. The smallest absolute Gasteiger partial charge is 0.247 e. The molecule has 2 N–H and O–H groups in total. The minimum absolute atomic E-state index is 0.144. The van der Waals surface area contributed by atoms with Crippen molar-refractivity contribution in [3.63, 3.8) is 0 Å². The number of nitrogens with zero attached hydrogens (tertiary/aromatic N) is 1. The van der Waals surface area contributed by atoms with E-state index in [1.807, 2.05) is 12.1 Å². The fourth-order valence-corrected chi connectivity index (χ4v) is 1.17. The Bertz CT molecular complexity index is 263. The summed E-state index contributed by atoms with van der Waals surface area (Å²) in [6.07, 6.45) is 1.63. The molecular formula is C9H14F2N2. The zero-order valence-corrected chi connectivity index (χ0v) is 7.63. The lowest BCUT2D eigenvalue weighted by molar-refractivity contribution is 0.00856. The predicted molar refractivity (Wildman–Crippen MR) is 47.6 cm³/mol. The average Bonchev–Trinajstić information content (AvgIpc) is 2.46. The summed E-state index contributed by atoms with van der Waals surface area (Å²) in [7, 11) is 0. The van der Waals surface area contributed by atoms with Crippen LogP contribution in [0.5, 0.6) is 0 Å². The van der Waals surface area contributed by atoms with Crippen LogP contribution in [-0.2, 0) is 13.1 Å². The average molecular weight is 188 g/mol. The second kappa shape index (κ2) is 3.87. The molecular weight excluding hydrogens is 174 g/mol. The third-order valence-electron chi connectivity index (χ3n) is 1.92. The lowest BCUT2D eigenvalue weighted by Gasteiger charge is -2.12. The Balaban J connectivity index is 2.54. The predicted octanol–water partition coefficient (Wildman–Crippen LogP) is 1.99. The number of nitrogens with two attached hydrogens (primary N) is 1. The van der Waals surface area contributed by atoms with Crippen LogP contribution in [0.4, 0.5) is 8.78 Å². The van der Waals surface area contributed by atoms with Crippen molar-refractivity contribution < 1.29 is 8.78 Å². The summed E-state index contributed by atoms with van der Waals surface area (Å²) in [6, 6.07) is 3.66. The number of aromatic nitrogens is 1. The molecule has 1 aromatic heterocycles. The maximum atomic E-state index is 12.5. The maximum Gasteiger partial charge on any atom is 0.247 e. The van der Waals surface area contributed by atoms with Crippen molar-refractivity contribution in [2.75, 3.05) is 0 Å². The van der Waals surface area contributed by atoms with Gasteiger partial charge in [-0.1, -0.05) is 0 Å². The normalized spacial score (nSPS) is 12.0. The van der Waals surface area contributed by atoms with E-state index >= 15 is 0 Å². The van der Waals surface area contributed by atoms with E-state index < -0.39 is 5.92 Å². The Morgan fingerprint density at radius 2 is 2.23 bits per heavy atom. The van der Waals surface area contributed by atoms with Gasteiger partial charge in [0.2, 0.25) is 5.92 Å². The number of halogens is 2. The fourth-order valence-electron chi connectivity index (χ4n) is 1.17. The topological polar surface area (TPSA) is 30.9 Å². The van der Waals surface area contributed by atoms with Crippen LogP contribution in [0.25, 0.3) is 0 Å². The largest absolute Gasteiger partial charge is 0.350 e. The van der Waals surface area contributed by atoms with Crippen LogP contribution in [0.2, 0.25) is 0 Å². The van der Waals surface area contributed by atoms with Crippen LogP contribution in [0.1, 0.15) is 19.0 Å². The van der Waals surface area contributed by atoms with E-state index in [1.54, 1.807) is 10.8 Å². The van der Waals surface area contributed by atoms with Gasteiger partial charge in [-0.3, -0.25) is 0 Å². The van der Waals surface area contributed by atoms with E-state index in [-0.39, 0.29) is 6.42 Å². The molecule has 0 radical (unpaired) electrons. The SMILES string of the molecule is CC(F)(F)CCn1cccc1CN. The Morgan fingerprint density at radius 1 is 1.54 bits per heavy atom. The van der Waals surface area contributed by atoms with Crippen LogP contribution in [0.3, 0.4) is 0 Å². The first-order valence-corrected chi connectivity index (χ1v) is 4.25. The van der Waals surface area contributed by atoms with Gasteiger partial charge in [0.15, 0.2) is 0 Å². The standard InChI is InChI=1S/C9H14F2N2/c1-9(10,11)4-6-13-5-2-3-8(13)7-12/h2-3,5H,4,6-7,12H2,1H3. The summed E-state index contributed by atoms with van der Waals surface area (Å²) < 4.78 is 26.8. The van der Waals surface area contributed by atoms with E-state index in [9.17, 15) is 8.78 Å². The second-order valence-electron chi connectivity index (χ2n) is 3.22. The van der Waals surface area contributed by atoms with Crippen LogP contribution >= 0.6 is 0 Å². The number of alkyl halides is 2. The highest BCUT2D eigenvalue weighted by molar-refractivity contribution is 5.06. The Morgan fingerprint density at radius 3 is 2.77 bits per heavy atom. The van der Waals surface area contributed by atoms with Gasteiger partial charge in [-0.05, 0) is 19.1 Å². The van der Waals surface area contributed by atoms with E-state index in [0.717, 1.165) is 12.6 Å². The number of hydrogen-bond donors (Lipinski definition) is 1. The number of hydrogen-bond acceptors (Lipinski definition) is 1. The molecule has 74 valence electrons. The quantitative estimate of drug-likeness (QED) is 0.769. The first-order chi connectivity index (χ1) is 6.03. The summed E-state index contributed by atoms with van der Waals surface area (Å²) in [5.74, 6) is -2.60. The van der Waals surface area contributed by atoms with Gasteiger partial charge in [-0.25, -0.2) is 8.78 Å². The molecule has 1 rings (SSSR count). The third-order valence-corrected chi connectivity index (χ3v) is 1.92. The highest BCUT2D eigenvalue weighted by atomic mass is 19.3. The number of rotatable bonds is 4. The van der Waals surface area contributed by atoms with Gasteiger partial charge in [0, 0.05) is 31.4 Å². The van der Waals surface area contributed by atoms with Gasteiger partial charge in [-0.15, -0.1) is 0 Å². The monoisotopic (exact) mass is 188 g/mol. The molecule has 0 saturated carbocycles. The molecule has 13 heavy (non-hydrogen) atoms. The van der Waals surface area contributed by atoms with Crippen molar-refractivity contribution in [1.82, 2.24) is 4.57 Å². The molecule has 0 aliphatic carbocycles. The van der Waals surface area contributed by atoms with Crippen molar-refractivity contribution in [3.8, 4) is 0 Å². The Hall–Kier alpha value is -0.900. The number of aryl methyl sites for hydroxylation is 1. The molecule has 0 aromatic carbocycles. The molecule has 0 aliphatic heterocycles. The molecule has 0 unspecified atom stereocenters. The molecule has 0 amide bonds. The fraction of sp³-hybridized carbons (Fsp3) is 0.556. The van der Waals surface area contributed by atoms with Gasteiger partial charge in [0.1, 0.15) is 0 Å². The Labute approximate surface area is 76.3 Å². The van der Waals surface area contributed by atoms with Crippen molar-refractivity contribution >= 4 is 0 Å². The van der Waals surface area contributed by atoms with E-state index in [4.69, 9.17) is 5.73 Å². The lowest BCUT2D eigenvalue weighted by Crippen LogP contribution is -2.15. The van der Waals surface area contributed by atoms with Gasteiger partial charge in [0.05, 0.1) is 0 Å². The molecule has 0 spiro atoms. The minimum atomic E-state index is -2.60. The molecule has 0 fully saturated rings. The third kappa shape index (κ3) is 3.14. The van der Waals surface area contributed by atoms with E-state index in [0.29, 0.717) is 13.1 Å². The van der Waals surface area contributed by atoms with Gasteiger partial charge >= 0.3 is 0 Å². The zero-order valence-electron chi connectivity index (χ0n) is 7.63. The first kappa shape index (κ1) is 10.2. The Kier molecular flexibility index (Phi) is 3.03. The lowest BCUT2D eigenvalue weighted by atomic mass is 10.2. The van der Waals surface area contributed by atoms with Crippen molar-refractivity contribution in [2.24, 2.45) is 5.73 Å². The summed E-state index contributed by atoms with van der Waals surface area (Å²) >= 11 is 0. The van der Waals surface area contributed by atoms with Crippen LogP contribution < -0.4 is 5.73 Å². The minimum Gasteiger partial charge on any atom is -0.350 e. The molecule has 1 aromatic rings. The van der Waals surface area contributed by atoms with E-state index in [1.165, 1.54) is 0 Å².